The molecule has 4 heteroatoms. The van der Waals surface area contributed by atoms with Gasteiger partial charge in [0.1, 0.15) is 0 Å². The minimum atomic E-state index is -0.0218. The van der Waals surface area contributed by atoms with Crippen molar-refractivity contribution in [3.05, 3.63) is 66.0 Å². The molecule has 0 unspecified atom stereocenters. The molecule has 2 aromatic rings. The Labute approximate surface area is 124 Å². The predicted molar refractivity (Wildman–Crippen MR) is 85.5 cm³/mol. The molecule has 0 spiro atoms. The van der Waals surface area contributed by atoms with Gasteiger partial charge in [0, 0.05) is 37.7 Å². The van der Waals surface area contributed by atoms with E-state index in [2.05, 4.69) is 4.98 Å². The molecule has 4 nitrogen and oxygen atoms in total. The Balaban J connectivity index is 1.88. The smallest absolute Gasteiger partial charge is 0.246 e. The zero-order chi connectivity index (χ0) is 15.1. The summed E-state index contributed by atoms with van der Waals surface area (Å²) in [6, 6.07) is 11.4. The predicted octanol–water partition coefficient (Wildman–Crippen LogP) is 2.38. The molecule has 0 aliphatic rings. The topological polar surface area (TPSA) is 59.2 Å². The first-order chi connectivity index (χ1) is 10.1. The third kappa shape index (κ3) is 4.76. The number of aromatic nitrogens is 1. The van der Waals surface area contributed by atoms with Crippen molar-refractivity contribution in [2.75, 3.05) is 19.3 Å². The number of benzene rings is 1. The third-order valence-corrected chi connectivity index (χ3v) is 3.19. The Morgan fingerprint density at radius 1 is 1.29 bits per heavy atom. The van der Waals surface area contributed by atoms with E-state index in [-0.39, 0.29) is 5.91 Å². The zero-order valence-electron chi connectivity index (χ0n) is 12.1. The lowest BCUT2D eigenvalue weighted by molar-refractivity contribution is -0.124. The Morgan fingerprint density at radius 2 is 2.05 bits per heavy atom. The van der Waals surface area contributed by atoms with E-state index < -0.39 is 0 Å². The number of nitrogens with two attached hydrogens (primary N) is 1. The van der Waals surface area contributed by atoms with Crippen molar-refractivity contribution >= 4 is 17.7 Å². The largest absolute Gasteiger partial charge is 0.399 e. The Morgan fingerprint density at radius 3 is 2.76 bits per heavy atom. The quantitative estimate of drug-likeness (QED) is 0.676. The van der Waals surface area contributed by atoms with Crippen LogP contribution in [0.2, 0.25) is 0 Å². The summed E-state index contributed by atoms with van der Waals surface area (Å²) in [5.74, 6) is -0.0218. The highest BCUT2D eigenvalue weighted by molar-refractivity contribution is 5.91. The van der Waals surface area contributed by atoms with Crippen LogP contribution in [0, 0.1) is 0 Å². The number of hydrogen-bond acceptors (Lipinski definition) is 3. The van der Waals surface area contributed by atoms with Crippen LogP contribution in [-0.4, -0.2) is 29.4 Å². The van der Waals surface area contributed by atoms with Crippen LogP contribution in [0.3, 0.4) is 0 Å². The number of anilines is 1. The summed E-state index contributed by atoms with van der Waals surface area (Å²) in [5.41, 5.74) is 8.49. The molecule has 0 fully saturated rings. The van der Waals surface area contributed by atoms with Gasteiger partial charge in [-0.05, 0) is 47.9 Å². The van der Waals surface area contributed by atoms with Gasteiger partial charge in [-0.3, -0.25) is 9.78 Å². The third-order valence-electron chi connectivity index (χ3n) is 3.19. The van der Waals surface area contributed by atoms with Crippen molar-refractivity contribution in [2.24, 2.45) is 0 Å². The van der Waals surface area contributed by atoms with Gasteiger partial charge in [-0.15, -0.1) is 0 Å². The fraction of sp³-hybridized carbons (Fsp3) is 0.176. The standard InChI is InChI=1S/C17H19N3O/c1-20(12-9-14-7-10-19-11-8-14)17(21)6-5-15-3-2-4-16(18)13-15/h2-8,10-11,13H,9,12,18H2,1H3/b6-5+. The van der Waals surface area contributed by atoms with Crippen LogP contribution in [0.4, 0.5) is 5.69 Å². The van der Waals surface area contributed by atoms with E-state index in [9.17, 15) is 4.79 Å². The fourth-order valence-corrected chi connectivity index (χ4v) is 1.91. The van der Waals surface area contributed by atoms with E-state index in [0.717, 1.165) is 12.0 Å². The molecule has 0 bridgehead atoms. The number of carbonyl (C=O) groups excluding carboxylic acids is 1. The Bertz CT molecular complexity index is 623. The first kappa shape index (κ1) is 14.8. The number of pyridine rings is 1. The van der Waals surface area contributed by atoms with E-state index in [1.165, 1.54) is 5.56 Å². The Kier molecular flexibility index (Phi) is 5.10. The molecule has 108 valence electrons. The summed E-state index contributed by atoms with van der Waals surface area (Å²) in [6.45, 7) is 0.671. The van der Waals surface area contributed by atoms with E-state index in [0.29, 0.717) is 12.2 Å². The maximum Gasteiger partial charge on any atom is 0.246 e. The van der Waals surface area contributed by atoms with Gasteiger partial charge in [-0.2, -0.15) is 0 Å². The van der Waals surface area contributed by atoms with Gasteiger partial charge in [0.05, 0.1) is 0 Å². The maximum absolute atomic E-state index is 12.0. The van der Waals surface area contributed by atoms with Crippen molar-refractivity contribution in [3.8, 4) is 0 Å². The lowest BCUT2D eigenvalue weighted by Crippen LogP contribution is -2.27. The summed E-state index contributed by atoms with van der Waals surface area (Å²) in [4.78, 5) is 17.7. The van der Waals surface area contributed by atoms with Crippen LogP contribution in [0.25, 0.3) is 6.08 Å². The Hall–Kier alpha value is -2.62. The highest BCUT2D eigenvalue weighted by atomic mass is 16.2. The van der Waals surface area contributed by atoms with Gasteiger partial charge in [0.15, 0.2) is 0 Å². The lowest BCUT2D eigenvalue weighted by Gasteiger charge is -2.14. The number of hydrogen-bond donors (Lipinski definition) is 1. The van der Waals surface area contributed by atoms with E-state index in [1.807, 2.05) is 36.4 Å². The molecule has 21 heavy (non-hydrogen) atoms. The van der Waals surface area contributed by atoms with Crippen molar-refractivity contribution in [1.82, 2.24) is 9.88 Å². The molecule has 0 atom stereocenters. The number of carbonyl (C=O) groups is 1. The maximum atomic E-state index is 12.0. The minimum absolute atomic E-state index is 0.0218. The summed E-state index contributed by atoms with van der Waals surface area (Å²) >= 11 is 0. The van der Waals surface area contributed by atoms with E-state index in [4.69, 9.17) is 5.73 Å². The second-order valence-electron chi connectivity index (χ2n) is 4.87. The van der Waals surface area contributed by atoms with Gasteiger partial charge in [-0.1, -0.05) is 12.1 Å². The normalized spacial score (nSPS) is 10.7. The van der Waals surface area contributed by atoms with Crippen LogP contribution in [0.1, 0.15) is 11.1 Å². The number of likely N-dealkylation sites (N-methyl/N-ethyl adjacent to an activating group) is 1. The highest BCUT2D eigenvalue weighted by Gasteiger charge is 2.04. The molecule has 0 aliphatic carbocycles. The number of amides is 1. The molecule has 2 N–H and O–H groups in total. The summed E-state index contributed by atoms with van der Waals surface area (Å²) in [5, 5.41) is 0. The van der Waals surface area contributed by atoms with E-state index in [1.54, 1.807) is 36.5 Å². The van der Waals surface area contributed by atoms with Crippen molar-refractivity contribution in [3.63, 3.8) is 0 Å². The van der Waals surface area contributed by atoms with Crippen molar-refractivity contribution in [1.29, 1.82) is 0 Å². The highest BCUT2D eigenvalue weighted by Crippen LogP contribution is 2.08. The monoisotopic (exact) mass is 281 g/mol. The van der Waals surface area contributed by atoms with Gasteiger partial charge in [0.25, 0.3) is 0 Å². The van der Waals surface area contributed by atoms with Crippen LogP contribution >= 0.6 is 0 Å². The van der Waals surface area contributed by atoms with Crippen LogP contribution < -0.4 is 5.73 Å². The molecule has 1 aromatic heterocycles. The van der Waals surface area contributed by atoms with Gasteiger partial charge in [-0.25, -0.2) is 0 Å². The first-order valence-electron chi connectivity index (χ1n) is 6.83. The second-order valence-corrected chi connectivity index (χ2v) is 4.87. The molecule has 0 saturated carbocycles. The van der Waals surface area contributed by atoms with Gasteiger partial charge < -0.3 is 10.6 Å². The summed E-state index contributed by atoms with van der Waals surface area (Å²) in [7, 11) is 1.80. The van der Waals surface area contributed by atoms with Gasteiger partial charge >= 0.3 is 0 Å². The molecule has 0 aliphatic heterocycles. The average molecular weight is 281 g/mol. The second kappa shape index (κ2) is 7.24. The molecule has 1 aromatic carbocycles. The van der Waals surface area contributed by atoms with Crippen molar-refractivity contribution < 1.29 is 4.79 Å². The van der Waals surface area contributed by atoms with Crippen LogP contribution in [0.5, 0.6) is 0 Å². The van der Waals surface area contributed by atoms with Gasteiger partial charge in [0.2, 0.25) is 5.91 Å². The fourth-order valence-electron chi connectivity index (χ4n) is 1.91. The summed E-state index contributed by atoms with van der Waals surface area (Å²) in [6.07, 6.45) is 7.69. The van der Waals surface area contributed by atoms with Crippen molar-refractivity contribution in [2.45, 2.75) is 6.42 Å². The minimum Gasteiger partial charge on any atom is -0.399 e. The number of nitrogens with zero attached hydrogens (tertiary/aromatic N) is 2. The van der Waals surface area contributed by atoms with Crippen LogP contribution in [0.15, 0.2) is 54.9 Å². The molecule has 1 amide bonds. The first-order valence-corrected chi connectivity index (χ1v) is 6.83. The lowest BCUT2D eigenvalue weighted by atomic mass is 10.2. The summed E-state index contributed by atoms with van der Waals surface area (Å²) < 4.78 is 0. The number of nitrogen functional groups attached to an aromatic ring is 1. The SMILES string of the molecule is CN(CCc1ccncc1)C(=O)/C=C/c1cccc(N)c1. The molecule has 1 heterocycles. The average Bonchev–Trinajstić information content (AvgIpc) is 2.51. The molecule has 0 saturated heterocycles. The molecular formula is C17H19N3O. The number of rotatable bonds is 5. The molecule has 0 radical (unpaired) electrons. The molecule has 2 rings (SSSR count). The van der Waals surface area contributed by atoms with Crippen LogP contribution in [-0.2, 0) is 11.2 Å². The van der Waals surface area contributed by atoms with E-state index >= 15 is 0 Å². The zero-order valence-corrected chi connectivity index (χ0v) is 12.1. The molecular weight excluding hydrogens is 262 g/mol.